The van der Waals surface area contributed by atoms with Crippen molar-refractivity contribution in [1.29, 1.82) is 0 Å². The average Bonchev–Trinajstić information content (AvgIpc) is 2.91. The van der Waals surface area contributed by atoms with Gasteiger partial charge in [-0.2, -0.15) is 0 Å². The fourth-order valence-corrected chi connectivity index (χ4v) is 4.31. The minimum Gasteiger partial charge on any atom is -0.465 e. The molecule has 0 fully saturated rings. The molecule has 0 aromatic heterocycles. The molecule has 1 aliphatic rings. The highest BCUT2D eigenvalue weighted by Crippen LogP contribution is 2.37. The number of benzene rings is 3. The topological polar surface area (TPSA) is 65.0 Å². The maximum atomic E-state index is 13.7. The van der Waals surface area contributed by atoms with E-state index in [4.69, 9.17) is 14.5 Å². The minimum absolute atomic E-state index is 0.0949. The van der Waals surface area contributed by atoms with Gasteiger partial charge in [0.05, 0.1) is 23.8 Å². The van der Waals surface area contributed by atoms with Crippen molar-refractivity contribution in [2.75, 3.05) is 6.61 Å². The summed E-state index contributed by atoms with van der Waals surface area (Å²) in [6, 6.07) is 26.7. The quantitative estimate of drug-likeness (QED) is 0.324. The van der Waals surface area contributed by atoms with Crippen LogP contribution in [0.1, 0.15) is 36.1 Å². The molecule has 37 heavy (non-hydrogen) atoms. The lowest BCUT2D eigenvalue weighted by atomic mass is 9.79. The number of ether oxygens (including phenoxy) is 2. The Hall–Kier alpha value is -4.43. The molecule has 3 aromatic carbocycles. The van der Waals surface area contributed by atoms with Crippen LogP contribution < -0.4 is 0 Å². The molecule has 0 radical (unpaired) electrons. The summed E-state index contributed by atoms with van der Waals surface area (Å²) in [6.07, 6.45) is 0. The van der Waals surface area contributed by atoms with Crippen LogP contribution in [0.4, 0.5) is 0 Å². The fraction of sp³-hybridized carbons (Fsp3) is 0.219. The van der Waals surface area contributed by atoms with Crippen molar-refractivity contribution < 1.29 is 19.1 Å². The van der Waals surface area contributed by atoms with Crippen molar-refractivity contribution in [2.24, 2.45) is 16.8 Å². The second-order valence-electron chi connectivity index (χ2n) is 8.79. The van der Waals surface area contributed by atoms with Crippen LogP contribution in [0, 0.1) is 30.6 Å². The third-order valence-electron chi connectivity index (χ3n) is 6.04. The fourth-order valence-electron chi connectivity index (χ4n) is 4.31. The van der Waals surface area contributed by atoms with Crippen molar-refractivity contribution in [3.8, 4) is 11.8 Å². The largest absolute Gasteiger partial charge is 0.465 e. The highest BCUT2D eigenvalue weighted by molar-refractivity contribution is 6.11. The average molecular weight is 492 g/mol. The maximum absolute atomic E-state index is 13.7. The van der Waals surface area contributed by atoms with Gasteiger partial charge < -0.3 is 9.47 Å². The Morgan fingerprint density at radius 1 is 0.892 bits per heavy atom. The van der Waals surface area contributed by atoms with E-state index in [0.29, 0.717) is 11.4 Å². The van der Waals surface area contributed by atoms with Crippen molar-refractivity contribution in [3.05, 3.63) is 113 Å². The van der Waals surface area contributed by atoms with Crippen LogP contribution >= 0.6 is 0 Å². The summed E-state index contributed by atoms with van der Waals surface area (Å²) in [4.78, 5) is 31.6. The lowest BCUT2D eigenvalue weighted by Gasteiger charge is -2.29. The van der Waals surface area contributed by atoms with Gasteiger partial charge in [0.1, 0.15) is 12.5 Å². The Morgan fingerprint density at radius 2 is 1.59 bits per heavy atom. The second-order valence-corrected chi connectivity index (χ2v) is 8.79. The summed E-state index contributed by atoms with van der Waals surface area (Å²) < 4.78 is 11.2. The molecule has 1 heterocycles. The van der Waals surface area contributed by atoms with Crippen LogP contribution in [0.25, 0.3) is 5.70 Å². The van der Waals surface area contributed by atoms with E-state index in [-0.39, 0.29) is 18.8 Å². The molecule has 0 N–H and O–H groups in total. The number of hydrogen-bond acceptors (Lipinski definition) is 5. The number of esters is 2. The van der Waals surface area contributed by atoms with Gasteiger partial charge in [-0.3, -0.25) is 9.79 Å². The number of aryl methyl sites for hydroxylation is 1. The van der Waals surface area contributed by atoms with Crippen LogP contribution in [0.3, 0.4) is 0 Å². The van der Waals surface area contributed by atoms with Crippen molar-refractivity contribution in [3.63, 3.8) is 0 Å². The van der Waals surface area contributed by atoms with Gasteiger partial charge >= 0.3 is 11.9 Å². The van der Waals surface area contributed by atoms with E-state index in [2.05, 4.69) is 11.8 Å². The molecule has 2 unspecified atom stereocenters. The first kappa shape index (κ1) is 25.7. The highest BCUT2D eigenvalue weighted by Gasteiger charge is 2.42. The first-order valence-electron chi connectivity index (χ1n) is 12.3. The summed E-state index contributed by atoms with van der Waals surface area (Å²) in [5, 5.41) is 0. The van der Waals surface area contributed by atoms with Gasteiger partial charge in [0, 0.05) is 16.8 Å². The minimum atomic E-state index is -0.829. The van der Waals surface area contributed by atoms with Crippen LogP contribution in [0.5, 0.6) is 0 Å². The van der Waals surface area contributed by atoms with Crippen LogP contribution in [0.2, 0.25) is 0 Å². The zero-order valence-electron chi connectivity index (χ0n) is 21.2. The Kier molecular flexibility index (Phi) is 8.33. The molecule has 5 heteroatoms. The van der Waals surface area contributed by atoms with Gasteiger partial charge in [-0.25, -0.2) is 4.79 Å². The molecule has 0 bridgehead atoms. The SMILES string of the molecule is CCOC(=O)C1C(C)=NC(c2ccccc2)=C(C(=O)OCc2cccc(C)c2)C1C#Cc1ccccc1. The third kappa shape index (κ3) is 6.23. The number of carbonyl (C=O) groups is 2. The number of aliphatic imine (C=N–C) groups is 1. The van der Waals surface area contributed by atoms with Gasteiger partial charge in [0.15, 0.2) is 0 Å². The van der Waals surface area contributed by atoms with Crippen LogP contribution in [-0.2, 0) is 25.7 Å². The normalized spacial score (nSPS) is 16.8. The molecule has 3 aromatic rings. The molecular weight excluding hydrogens is 462 g/mol. The van der Waals surface area contributed by atoms with Crippen LogP contribution in [-0.4, -0.2) is 24.3 Å². The number of rotatable bonds is 6. The predicted octanol–water partition coefficient (Wildman–Crippen LogP) is 5.77. The highest BCUT2D eigenvalue weighted by atomic mass is 16.5. The molecule has 0 aliphatic carbocycles. The maximum Gasteiger partial charge on any atom is 0.337 e. The second kappa shape index (κ2) is 12.0. The third-order valence-corrected chi connectivity index (χ3v) is 6.04. The predicted molar refractivity (Wildman–Crippen MR) is 144 cm³/mol. The smallest absolute Gasteiger partial charge is 0.337 e. The molecule has 4 rings (SSSR count). The van der Waals surface area contributed by atoms with Gasteiger partial charge in [0.25, 0.3) is 0 Å². The van der Waals surface area contributed by atoms with Gasteiger partial charge in [-0.1, -0.05) is 90.2 Å². The van der Waals surface area contributed by atoms with Crippen molar-refractivity contribution in [1.82, 2.24) is 0 Å². The number of hydrogen-bond donors (Lipinski definition) is 0. The van der Waals surface area contributed by atoms with E-state index in [9.17, 15) is 9.59 Å². The monoisotopic (exact) mass is 491 g/mol. The Labute approximate surface area is 217 Å². The summed E-state index contributed by atoms with van der Waals surface area (Å²) in [7, 11) is 0. The lowest BCUT2D eigenvalue weighted by Crippen LogP contribution is -2.37. The van der Waals surface area contributed by atoms with Gasteiger partial charge in [-0.15, -0.1) is 0 Å². The Morgan fingerprint density at radius 3 is 2.27 bits per heavy atom. The molecule has 2 atom stereocenters. The molecule has 0 amide bonds. The van der Waals surface area contributed by atoms with E-state index in [0.717, 1.165) is 22.3 Å². The Balaban J connectivity index is 1.82. The zero-order valence-corrected chi connectivity index (χ0v) is 21.2. The molecular formula is C32H29NO4. The molecule has 1 aliphatic heterocycles. The van der Waals surface area contributed by atoms with Gasteiger partial charge in [-0.05, 0) is 38.5 Å². The van der Waals surface area contributed by atoms with E-state index in [1.54, 1.807) is 13.8 Å². The lowest BCUT2D eigenvalue weighted by molar-refractivity contribution is -0.146. The molecule has 0 saturated carbocycles. The van der Waals surface area contributed by atoms with E-state index >= 15 is 0 Å². The summed E-state index contributed by atoms with van der Waals surface area (Å²) in [6.45, 7) is 5.82. The van der Waals surface area contributed by atoms with Crippen molar-refractivity contribution >= 4 is 23.3 Å². The van der Waals surface area contributed by atoms with E-state index in [1.165, 1.54) is 0 Å². The van der Waals surface area contributed by atoms with Crippen LogP contribution in [0.15, 0.2) is 95.5 Å². The Bertz CT molecular complexity index is 1390. The van der Waals surface area contributed by atoms with E-state index in [1.807, 2.05) is 91.9 Å². The molecule has 0 saturated heterocycles. The van der Waals surface area contributed by atoms with E-state index < -0.39 is 23.8 Å². The molecule has 0 spiro atoms. The summed E-state index contributed by atoms with van der Waals surface area (Å²) >= 11 is 0. The zero-order chi connectivity index (χ0) is 26.2. The first-order chi connectivity index (χ1) is 18.0. The summed E-state index contributed by atoms with van der Waals surface area (Å²) in [5.74, 6) is 3.70. The number of carbonyl (C=O) groups excluding carboxylic acids is 2. The number of nitrogens with zero attached hydrogens (tertiary/aromatic N) is 1. The molecule has 186 valence electrons. The summed E-state index contributed by atoms with van der Waals surface area (Å²) in [5.41, 5.74) is 4.73. The van der Waals surface area contributed by atoms with Gasteiger partial charge in [0.2, 0.25) is 0 Å². The van der Waals surface area contributed by atoms with Crippen molar-refractivity contribution in [2.45, 2.75) is 27.4 Å². The molecule has 5 nitrogen and oxygen atoms in total. The standard InChI is InChI=1S/C32H29NO4/c1-4-36-31(34)28-23(3)33-30(26-16-9-6-10-17-26)29(27(28)19-18-24-13-7-5-8-14-24)32(35)37-21-25-15-11-12-22(2)20-25/h5-17,20,27-28H,4,21H2,1-3H3. The first-order valence-corrected chi connectivity index (χ1v) is 12.3.